The van der Waals surface area contributed by atoms with Crippen LogP contribution >= 0.6 is 0 Å². The van der Waals surface area contributed by atoms with Crippen LogP contribution in [0.2, 0.25) is 0 Å². The first-order valence-corrected chi connectivity index (χ1v) is 9.45. The molecule has 0 bridgehead atoms. The first-order chi connectivity index (χ1) is 12.5. The Bertz CT molecular complexity index is 904. The van der Waals surface area contributed by atoms with Gasteiger partial charge in [-0.15, -0.1) is 11.6 Å². The molecule has 149 valence electrons. The van der Waals surface area contributed by atoms with Crippen LogP contribution in [0.1, 0.15) is 61.9 Å². The normalized spacial score (nSPS) is 13.2. The summed E-state index contributed by atoms with van der Waals surface area (Å²) in [4.78, 5) is 0. The van der Waals surface area contributed by atoms with E-state index in [1.165, 1.54) is 33.4 Å². The quantitative estimate of drug-likeness (QED) is 0.408. The van der Waals surface area contributed by atoms with Gasteiger partial charge in [0.15, 0.2) is 0 Å². The van der Waals surface area contributed by atoms with Gasteiger partial charge in [0.1, 0.15) is 0 Å². The van der Waals surface area contributed by atoms with Gasteiger partial charge in [-0.05, 0) is 27.8 Å². The van der Waals surface area contributed by atoms with Crippen molar-refractivity contribution in [1.82, 2.24) is 0 Å². The topological polar surface area (TPSA) is 14.1 Å². The smallest absolute Gasteiger partial charge is 1.00 e. The molecule has 1 aliphatic rings. The molecule has 1 unspecified atom stereocenters. The van der Waals surface area contributed by atoms with Crippen LogP contribution in [-0.2, 0) is 21.7 Å². The number of benzene rings is 3. The summed E-state index contributed by atoms with van der Waals surface area (Å²) in [6.07, 6.45) is 0. The summed E-state index contributed by atoms with van der Waals surface area (Å²) in [5.74, 6) is 0.288. The predicted octanol–water partition coefficient (Wildman–Crippen LogP) is 1.09. The van der Waals surface area contributed by atoms with E-state index >= 15 is 0 Å². The molecule has 3 aromatic carbocycles. The zero-order valence-electron chi connectivity index (χ0n) is 17.3. The standard InChI is InChI=1S/C25H26N.2ClH.Ti/c1-17(26-25(2,3)4)18-11-5-8-14-21(18)24-22-15-9-6-12-19(22)20-13-7-10-16-23(20)24;;;/h5-17,24H,1-4H3;2*1H;/q-1;;;+3/p-2. The first-order valence-electron chi connectivity index (χ1n) is 9.45. The monoisotopic (exact) mass is 458 g/mol. The van der Waals surface area contributed by atoms with Crippen molar-refractivity contribution >= 4 is 0 Å². The van der Waals surface area contributed by atoms with Crippen molar-refractivity contribution in [3.05, 3.63) is 100 Å². The third kappa shape index (κ3) is 5.16. The third-order valence-corrected chi connectivity index (χ3v) is 5.17. The molecule has 4 rings (SSSR count). The summed E-state index contributed by atoms with van der Waals surface area (Å²) < 4.78 is 0. The Morgan fingerprint density at radius 3 is 1.59 bits per heavy atom. The van der Waals surface area contributed by atoms with Gasteiger partial charge in [0, 0.05) is 5.92 Å². The van der Waals surface area contributed by atoms with Crippen molar-refractivity contribution in [2.45, 2.75) is 45.2 Å². The molecule has 3 aromatic rings. The van der Waals surface area contributed by atoms with Gasteiger partial charge >= 0.3 is 21.7 Å². The summed E-state index contributed by atoms with van der Waals surface area (Å²) in [6.45, 7) is 8.74. The van der Waals surface area contributed by atoms with Gasteiger partial charge in [-0.25, -0.2) is 0 Å². The molecule has 0 aliphatic heterocycles. The molecule has 0 saturated heterocycles. The summed E-state index contributed by atoms with van der Waals surface area (Å²) in [5.41, 5.74) is 8.21. The fourth-order valence-electron chi connectivity index (χ4n) is 4.30. The molecular weight excluding hydrogens is 433 g/mol. The van der Waals surface area contributed by atoms with Crippen LogP contribution in [0.3, 0.4) is 0 Å². The molecular formula is C25H26Cl2NTi. The van der Waals surface area contributed by atoms with Crippen LogP contribution < -0.4 is 24.8 Å². The number of nitrogens with zero attached hydrogens (tertiary/aromatic N) is 1. The number of rotatable bonds is 3. The minimum Gasteiger partial charge on any atom is -1.00 e. The average molecular weight is 459 g/mol. The van der Waals surface area contributed by atoms with E-state index in [1.54, 1.807) is 0 Å². The molecule has 0 fully saturated rings. The second kappa shape index (κ2) is 10.3. The maximum atomic E-state index is 5.02. The molecule has 1 aliphatic carbocycles. The summed E-state index contributed by atoms with van der Waals surface area (Å²) in [6, 6.07) is 26.7. The number of halogens is 2. The Balaban J connectivity index is 0.00000140. The maximum Gasteiger partial charge on any atom is 3.00 e. The Hall–Kier alpha value is -1.09. The van der Waals surface area contributed by atoms with Crippen LogP contribution in [0.5, 0.6) is 0 Å². The predicted molar refractivity (Wildman–Crippen MR) is 111 cm³/mol. The molecule has 0 spiro atoms. The molecule has 1 radical (unpaired) electrons. The summed E-state index contributed by atoms with van der Waals surface area (Å²) >= 11 is 0. The summed E-state index contributed by atoms with van der Waals surface area (Å²) in [5, 5.41) is 5.02. The van der Waals surface area contributed by atoms with Crippen molar-refractivity contribution in [3.63, 3.8) is 0 Å². The Morgan fingerprint density at radius 1 is 0.690 bits per heavy atom. The Kier molecular flexibility index (Phi) is 9.21. The van der Waals surface area contributed by atoms with Gasteiger partial charge < -0.3 is 30.1 Å². The second-order valence-corrected chi connectivity index (χ2v) is 8.21. The fourth-order valence-corrected chi connectivity index (χ4v) is 4.30. The molecule has 0 heterocycles. The van der Waals surface area contributed by atoms with E-state index in [0.717, 1.165) is 0 Å². The minimum atomic E-state index is -0.0436. The van der Waals surface area contributed by atoms with E-state index in [4.69, 9.17) is 5.32 Å². The zero-order valence-corrected chi connectivity index (χ0v) is 20.4. The Labute approximate surface area is 202 Å². The number of hydrogen-bond acceptors (Lipinski definition) is 0. The molecule has 1 nitrogen and oxygen atoms in total. The van der Waals surface area contributed by atoms with Gasteiger partial charge in [0.05, 0.1) is 0 Å². The average Bonchev–Trinajstić information content (AvgIpc) is 2.95. The van der Waals surface area contributed by atoms with Crippen LogP contribution in [0.4, 0.5) is 0 Å². The van der Waals surface area contributed by atoms with Gasteiger partial charge in [-0.3, -0.25) is 0 Å². The van der Waals surface area contributed by atoms with E-state index in [-0.39, 0.29) is 64.0 Å². The minimum absolute atomic E-state index is 0. The largest absolute Gasteiger partial charge is 3.00 e. The molecule has 0 amide bonds. The van der Waals surface area contributed by atoms with Crippen LogP contribution in [0, 0.1) is 0 Å². The summed E-state index contributed by atoms with van der Waals surface area (Å²) in [7, 11) is 0. The van der Waals surface area contributed by atoms with Crippen molar-refractivity contribution < 1.29 is 46.5 Å². The maximum absolute atomic E-state index is 5.02. The van der Waals surface area contributed by atoms with Crippen LogP contribution in [0.25, 0.3) is 16.4 Å². The molecule has 1 atom stereocenters. The first kappa shape index (κ1) is 26.0. The van der Waals surface area contributed by atoms with Crippen molar-refractivity contribution in [1.29, 1.82) is 0 Å². The van der Waals surface area contributed by atoms with E-state index < -0.39 is 0 Å². The van der Waals surface area contributed by atoms with Crippen molar-refractivity contribution in [3.8, 4) is 11.1 Å². The van der Waals surface area contributed by atoms with Gasteiger partial charge in [0.25, 0.3) is 0 Å². The van der Waals surface area contributed by atoms with Gasteiger partial charge in [-0.1, -0.05) is 106 Å². The van der Waals surface area contributed by atoms with Crippen molar-refractivity contribution in [2.24, 2.45) is 0 Å². The molecule has 0 saturated carbocycles. The molecule has 4 heteroatoms. The third-order valence-electron chi connectivity index (χ3n) is 5.17. The molecule has 29 heavy (non-hydrogen) atoms. The number of hydrogen-bond donors (Lipinski definition) is 0. The Morgan fingerprint density at radius 2 is 1.10 bits per heavy atom. The van der Waals surface area contributed by atoms with Crippen LogP contribution in [-0.4, -0.2) is 5.54 Å². The van der Waals surface area contributed by atoms with E-state index in [1.807, 2.05) is 0 Å². The van der Waals surface area contributed by atoms with E-state index in [2.05, 4.69) is 100 Å². The second-order valence-electron chi connectivity index (χ2n) is 8.21. The van der Waals surface area contributed by atoms with E-state index in [9.17, 15) is 0 Å². The fraction of sp³-hybridized carbons (Fsp3) is 0.280. The number of fused-ring (bicyclic) bond motifs is 3. The molecule has 0 N–H and O–H groups in total. The SMILES string of the molecule is CC([N-]C(C)(C)C)c1ccccc1C1c2ccccc2-c2ccccc21.[Cl-].[Cl-].[Ti+3]. The van der Waals surface area contributed by atoms with Crippen LogP contribution in [0.15, 0.2) is 72.8 Å². The zero-order chi connectivity index (χ0) is 18.3. The van der Waals surface area contributed by atoms with Gasteiger partial charge in [-0.2, -0.15) is 0 Å². The molecule has 0 aromatic heterocycles. The van der Waals surface area contributed by atoms with E-state index in [0.29, 0.717) is 0 Å². The van der Waals surface area contributed by atoms with Gasteiger partial charge in [0.2, 0.25) is 0 Å². The van der Waals surface area contributed by atoms with Crippen molar-refractivity contribution in [2.75, 3.05) is 0 Å².